The fourth-order valence-corrected chi connectivity index (χ4v) is 3.82. The van der Waals surface area contributed by atoms with Gasteiger partial charge in [0.2, 0.25) is 17.5 Å². The first kappa shape index (κ1) is 17.0. The number of hydrogen-bond acceptors (Lipinski definition) is 8. The van der Waals surface area contributed by atoms with Gasteiger partial charge in [-0.2, -0.15) is 10.2 Å². The number of ether oxygens (including phenoxy) is 1. The van der Waals surface area contributed by atoms with Crippen molar-refractivity contribution in [1.29, 1.82) is 5.26 Å². The van der Waals surface area contributed by atoms with E-state index < -0.39 is 0 Å². The zero-order valence-corrected chi connectivity index (χ0v) is 15.1. The lowest BCUT2D eigenvalue weighted by atomic mass is 10.2. The van der Waals surface area contributed by atoms with Crippen LogP contribution in [0.1, 0.15) is 25.4 Å². The SMILES string of the molecule is CC1CN(c2oc(/C=C3/SC(=S)N(C)C3=O)nc2C#N)CC(C)O1. The van der Waals surface area contributed by atoms with E-state index in [-0.39, 0.29) is 29.7 Å². The first-order valence-electron chi connectivity index (χ1n) is 7.42. The van der Waals surface area contributed by atoms with Gasteiger partial charge < -0.3 is 14.1 Å². The van der Waals surface area contributed by atoms with Gasteiger partial charge in [-0.25, -0.2) is 0 Å². The van der Waals surface area contributed by atoms with E-state index in [4.69, 9.17) is 21.4 Å². The maximum atomic E-state index is 12.1. The number of amides is 1. The van der Waals surface area contributed by atoms with Crippen LogP contribution in [0.2, 0.25) is 0 Å². The molecule has 1 aromatic rings. The van der Waals surface area contributed by atoms with Crippen molar-refractivity contribution < 1.29 is 13.9 Å². The van der Waals surface area contributed by atoms with Crippen molar-refractivity contribution in [2.75, 3.05) is 25.0 Å². The summed E-state index contributed by atoms with van der Waals surface area (Å²) in [5.41, 5.74) is 0.203. The van der Waals surface area contributed by atoms with Gasteiger partial charge in [-0.1, -0.05) is 24.0 Å². The summed E-state index contributed by atoms with van der Waals surface area (Å²) in [5.74, 6) is 0.442. The minimum Gasteiger partial charge on any atom is -0.420 e. The Morgan fingerprint density at radius 2 is 2.08 bits per heavy atom. The van der Waals surface area contributed by atoms with E-state index in [1.165, 1.54) is 22.7 Å². The lowest BCUT2D eigenvalue weighted by molar-refractivity contribution is -0.121. The second kappa shape index (κ2) is 6.55. The van der Waals surface area contributed by atoms with Gasteiger partial charge in [0.25, 0.3) is 5.91 Å². The summed E-state index contributed by atoms with van der Waals surface area (Å²) in [7, 11) is 1.62. The van der Waals surface area contributed by atoms with E-state index in [0.717, 1.165) is 0 Å². The Morgan fingerprint density at radius 3 is 2.62 bits per heavy atom. The summed E-state index contributed by atoms with van der Waals surface area (Å²) in [4.78, 5) is 20.0. The number of hydrogen-bond donors (Lipinski definition) is 0. The Kier molecular flexibility index (Phi) is 4.62. The van der Waals surface area contributed by atoms with Crippen LogP contribution >= 0.6 is 24.0 Å². The van der Waals surface area contributed by atoms with Crippen LogP contribution < -0.4 is 4.90 Å². The van der Waals surface area contributed by atoms with Gasteiger partial charge in [0, 0.05) is 26.2 Å². The van der Waals surface area contributed by atoms with Gasteiger partial charge in [-0.3, -0.25) is 9.69 Å². The molecule has 0 saturated carbocycles. The predicted octanol–water partition coefficient (Wildman–Crippen LogP) is 1.99. The van der Waals surface area contributed by atoms with Crippen LogP contribution in [0.25, 0.3) is 6.08 Å². The second-order valence-electron chi connectivity index (χ2n) is 5.72. The molecule has 0 N–H and O–H groups in total. The maximum Gasteiger partial charge on any atom is 0.266 e. The molecule has 3 heterocycles. The molecule has 2 aliphatic rings. The highest BCUT2D eigenvalue weighted by molar-refractivity contribution is 8.26. The number of thioether (sulfide) groups is 1. The molecular weight excluding hydrogens is 348 g/mol. The Balaban J connectivity index is 1.90. The lowest BCUT2D eigenvalue weighted by Crippen LogP contribution is -2.45. The summed E-state index contributed by atoms with van der Waals surface area (Å²) >= 11 is 6.28. The van der Waals surface area contributed by atoms with Crippen LogP contribution in [0, 0.1) is 11.3 Å². The van der Waals surface area contributed by atoms with Crippen LogP contribution in [0.15, 0.2) is 9.32 Å². The molecule has 0 spiro atoms. The number of oxazole rings is 1. The Bertz CT molecular complexity index is 757. The topological polar surface area (TPSA) is 82.6 Å². The number of likely N-dealkylation sites (N-methyl/N-ethyl adjacent to an activating group) is 1. The third-order valence-electron chi connectivity index (χ3n) is 3.68. The van der Waals surface area contributed by atoms with E-state index >= 15 is 0 Å². The third kappa shape index (κ3) is 3.17. The Labute approximate surface area is 149 Å². The van der Waals surface area contributed by atoms with Crippen LogP contribution in [0.4, 0.5) is 5.88 Å². The first-order chi connectivity index (χ1) is 11.4. The van der Waals surface area contributed by atoms with Crippen LogP contribution in [0.3, 0.4) is 0 Å². The van der Waals surface area contributed by atoms with Crippen molar-refractivity contribution >= 4 is 46.2 Å². The van der Waals surface area contributed by atoms with Crippen molar-refractivity contribution in [2.45, 2.75) is 26.1 Å². The number of carbonyl (C=O) groups is 1. The molecule has 0 radical (unpaired) electrons. The molecule has 2 atom stereocenters. The summed E-state index contributed by atoms with van der Waals surface area (Å²) in [6, 6.07) is 2.05. The monoisotopic (exact) mass is 364 g/mol. The number of morpholine rings is 1. The lowest BCUT2D eigenvalue weighted by Gasteiger charge is -2.34. The molecule has 2 saturated heterocycles. The fourth-order valence-electron chi connectivity index (χ4n) is 2.68. The van der Waals surface area contributed by atoms with E-state index in [0.29, 0.717) is 28.2 Å². The number of aromatic nitrogens is 1. The van der Waals surface area contributed by atoms with Crippen molar-refractivity contribution in [1.82, 2.24) is 9.88 Å². The van der Waals surface area contributed by atoms with Crippen molar-refractivity contribution in [3.05, 3.63) is 16.5 Å². The molecule has 126 valence electrons. The molecule has 9 heteroatoms. The van der Waals surface area contributed by atoms with Crippen molar-refractivity contribution in [3.63, 3.8) is 0 Å². The normalized spacial score (nSPS) is 26.3. The van der Waals surface area contributed by atoms with Gasteiger partial charge in [0.1, 0.15) is 10.4 Å². The number of anilines is 1. The Morgan fingerprint density at radius 1 is 1.42 bits per heavy atom. The highest BCUT2D eigenvalue weighted by Gasteiger charge is 2.31. The molecule has 7 nitrogen and oxygen atoms in total. The minimum absolute atomic E-state index is 0.0326. The van der Waals surface area contributed by atoms with Gasteiger partial charge in [-0.05, 0) is 13.8 Å². The molecular formula is C15H16N4O3S2. The average molecular weight is 364 g/mol. The number of carbonyl (C=O) groups excluding carboxylic acids is 1. The quantitative estimate of drug-likeness (QED) is 0.582. The maximum absolute atomic E-state index is 12.1. The van der Waals surface area contributed by atoms with Gasteiger partial charge in [0.15, 0.2) is 0 Å². The van der Waals surface area contributed by atoms with Crippen molar-refractivity contribution in [2.24, 2.45) is 0 Å². The molecule has 0 aromatic carbocycles. The zero-order valence-electron chi connectivity index (χ0n) is 13.5. The van der Waals surface area contributed by atoms with Crippen LogP contribution in [0.5, 0.6) is 0 Å². The Hall–Kier alpha value is -1.89. The van der Waals surface area contributed by atoms with Crippen LogP contribution in [-0.2, 0) is 9.53 Å². The average Bonchev–Trinajstić information content (AvgIpc) is 3.04. The molecule has 2 unspecified atom stereocenters. The summed E-state index contributed by atoms with van der Waals surface area (Å²) < 4.78 is 11.9. The van der Waals surface area contributed by atoms with E-state index in [1.807, 2.05) is 18.7 Å². The highest BCUT2D eigenvalue weighted by atomic mass is 32.2. The fraction of sp³-hybridized carbons (Fsp3) is 0.467. The van der Waals surface area contributed by atoms with Crippen molar-refractivity contribution in [3.8, 4) is 6.07 Å². The summed E-state index contributed by atoms with van der Waals surface area (Å²) in [5, 5.41) is 9.34. The standard InChI is InChI=1S/C15H16N4O3S2/c1-8-6-19(7-9(2)21-8)14-10(5-16)17-12(22-14)4-11-13(20)18(3)15(23)24-11/h4,8-9H,6-7H2,1-3H3/b11-4+. The zero-order chi connectivity index (χ0) is 17.4. The van der Waals surface area contributed by atoms with Gasteiger partial charge in [-0.15, -0.1) is 0 Å². The van der Waals surface area contributed by atoms with Crippen LogP contribution in [-0.4, -0.2) is 52.5 Å². The molecule has 24 heavy (non-hydrogen) atoms. The second-order valence-corrected chi connectivity index (χ2v) is 7.40. The molecule has 1 aromatic heterocycles. The highest BCUT2D eigenvalue weighted by Crippen LogP contribution is 2.33. The third-order valence-corrected chi connectivity index (χ3v) is 5.16. The number of nitriles is 1. The smallest absolute Gasteiger partial charge is 0.266 e. The molecule has 2 aliphatic heterocycles. The number of nitrogens with zero attached hydrogens (tertiary/aromatic N) is 4. The summed E-state index contributed by atoms with van der Waals surface area (Å²) in [6.45, 7) is 5.17. The van der Waals surface area contributed by atoms with E-state index in [2.05, 4.69) is 11.1 Å². The molecule has 0 aliphatic carbocycles. The summed E-state index contributed by atoms with van der Waals surface area (Å²) in [6.07, 6.45) is 1.59. The van der Waals surface area contributed by atoms with Gasteiger partial charge in [0.05, 0.1) is 17.1 Å². The predicted molar refractivity (Wildman–Crippen MR) is 94.4 cm³/mol. The molecule has 3 rings (SSSR count). The largest absolute Gasteiger partial charge is 0.420 e. The van der Waals surface area contributed by atoms with E-state index in [1.54, 1.807) is 7.05 Å². The molecule has 1 amide bonds. The molecule has 0 bridgehead atoms. The van der Waals surface area contributed by atoms with Gasteiger partial charge >= 0.3 is 0 Å². The first-order valence-corrected chi connectivity index (χ1v) is 8.64. The van der Waals surface area contributed by atoms with E-state index in [9.17, 15) is 10.1 Å². The number of thiocarbonyl (C=S) groups is 1. The number of rotatable bonds is 2. The molecule has 2 fully saturated rings. The minimum atomic E-state index is -0.197.